The number of thiazole rings is 1. The molecule has 0 saturated heterocycles. The smallest absolute Gasteiger partial charge is 0.223 e. The van der Waals surface area contributed by atoms with E-state index in [0.29, 0.717) is 5.95 Å². The van der Waals surface area contributed by atoms with Gasteiger partial charge in [0, 0.05) is 18.8 Å². The first-order valence-electron chi connectivity index (χ1n) is 9.23. The lowest BCUT2D eigenvalue weighted by Gasteiger charge is -2.14. The van der Waals surface area contributed by atoms with E-state index >= 15 is 0 Å². The van der Waals surface area contributed by atoms with Crippen LogP contribution in [0.1, 0.15) is 18.5 Å². The first-order chi connectivity index (χ1) is 14.1. The summed E-state index contributed by atoms with van der Waals surface area (Å²) < 4.78 is 13.4. The van der Waals surface area contributed by atoms with Crippen molar-refractivity contribution in [2.45, 2.75) is 13.0 Å². The largest absolute Gasteiger partial charge is 0.365 e. The highest BCUT2D eigenvalue weighted by Gasteiger charge is 2.17. The zero-order valence-electron chi connectivity index (χ0n) is 16.1. The van der Waals surface area contributed by atoms with Gasteiger partial charge in [0.25, 0.3) is 0 Å². The third-order valence-electron chi connectivity index (χ3n) is 4.49. The normalized spacial score (nSPS) is 11.8. The monoisotopic (exact) mass is 405 g/mol. The van der Waals surface area contributed by atoms with Gasteiger partial charge in [0.1, 0.15) is 5.82 Å². The van der Waals surface area contributed by atoms with E-state index in [2.05, 4.69) is 39.7 Å². The van der Waals surface area contributed by atoms with Crippen molar-refractivity contribution in [1.82, 2.24) is 15.0 Å². The number of nitrogens with one attached hydrogen (secondary N) is 2. The van der Waals surface area contributed by atoms with Gasteiger partial charge in [-0.1, -0.05) is 41.7 Å². The number of halogens is 1. The molecule has 0 amide bonds. The first-order valence-corrected chi connectivity index (χ1v) is 10.0. The Hall–Kier alpha value is -3.32. The van der Waals surface area contributed by atoms with Crippen molar-refractivity contribution >= 4 is 22.4 Å². The predicted octanol–water partition coefficient (Wildman–Crippen LogP) is 5.62. The molecular weight excluding hydrogens is 385 g/mol. The zero-order valence-corrected chi connectivity index (χ0v) is 16.9. The van der Waals surface area contributed by atoms with Crippen molar-refractivity contribution in [1.29, 1.82) is 0 Å². The quantitative estimate of drug-likeness (QED) is 0.436. The van der Waals surface area contributed by atoms with Gasteiger partial charge in [-0.2, -0.15) is 0 Å². The highest BCUT2D eigenvalue weighted by atomic mass is 32.1. The molecule has 0 fully saturated rings. The Kier molecular flexibility index (Phi) is 5.48. The summed E-state index contributed by atoms with van der Waals surface area (Å²) in [5, 5.41) is 7.20. The lowest BCUT2D eigenvalue weighted by molar-refractivity contribution is 0.628. The second-order valence-corrected chi connectivity index (χ2v) is 7.49. The second kappa shape index (κ2) is 8.36. The van der Waals surface area contributed by atoms with Crippen molar-refractivity contribution in [2.24, 2.45) is 0 Å². The van der Waals surface area contributed by atoms with Gasteiger partial charge < -0.3 is 10.6 Å². The van der Waals surface area contributed by atoms with Crippen LogP contribution < -0.4 is 10.6 Å². The van der Waals surface area contributed by atoms with Gasteiger partial charge in [0.05, 0.1) is 22.3 Å². The molecule has 5 nitrogen and oxygen atoms in total. The van der Waals surface area contributed by atoms with Crippen LogP contribution in [0.15, 0.2) is 66.9 Å². The van der Waals surface area contributed by atoms with Crippen LogP contribution in [-0.4, -0.2) is 22.0 Å². The lowest BCUT2D eigenvalue weighted by Crippen LogP contribution is -2.09. The Morgan fingerprint density at radius 1 is 0.966 bits per heavy atom. The van der Waals surface area contributed by atoms with Crippen molar-refractivity contribution in [3.63, 3.8) is 0 Å². The molecule has 7 heteroatoms. The molecule has 4 aromatic rings. The SMILES string of the molecule is CNc1nc(-c2ccc(F)cc2)c(-c2ccnc(NC(C)c3ccccc3)n2)s1. The Morgan fingerprint density at radius 3 is 2.45 bits per heavy atom. The molecule has 1 unspecified atom stereocenters. The fraction of sp³-hybridized carbons (Fsp3) is 0.136. The summed E-state index contributed by atoms with van der Waals surface area (Å²) in [5.74, 6) is 0.270. The van der Waals surface area contributed by atoms with Crippen LogP contribution in [-0.2, 0) is 0 Å². The van der Waals surface area contributed by atoms with Gasteiger partial charge in [0.15, 0.2) is 5.13 Å². The number of benzene rings is 2. The molecule has 2 aromatic heterocycles. The van der Waals surface area contributed by atoms with Crippen molar-refractivity contribution in [3.05, 3.63) is 78.2 Å². The van der Waals surface area contributed by atoms with Gasteiger partial charge in [-0.25, -0.2) is 19.3 Å². The third kappa shape index (κ3) is 4.25. The maximum atomic E-state index is 13.4. The maximum absolute atomic E-state index is 13.4. The van der Waals surface area contributed by atoms with E-state index in [9.17, 15) is 4.39 Å². The molecule has 0 spiro atoms. The summed E-state index contributed by atoms with van der Waals surface area (Å²) in [7, 11) is 1.82. The predicted molar refractivity (Wildman–Crippen MR) is 117 cm³/mol. The Morgan fingerprint density at radius 2 is 1.72 bits per heavy atom. The van der Waals surface area contributed by atoms with E-state index in [1.165, 1.54) is 23.5 Å². The van der Waals surface area contributed by atoms with E-state index in [1.54, 1.807) is 18.3 Å². The third-order valence-corrected chi connectivity index (χ3v) is 5.59. The fourth-order valence-electron chi connectivity index (χ4n) is 2.98. The summed E-state index contributed by atoms with van der Waals surface area (Å²) in [6, 6.07) is 18.4. The van der Waals surface area contributed by atoms with E-state index in [0.717, 1.165) is 32.5 Å². The summed E-state index contributed by atoms with van der Waals surface area (Å²) in [6.07, 6.45) is 1.73. The summed E-state index contributed by atoms with van der Waals surface area (Å²) in [4.78, 5) is 14.6. The van der Waals surface area contributed by atoms with E-state index in [4.69, 9.17) is 4.98 Å². The first kappa shape index (κ1) is 19.0. The highest BCUT2D eigenvalue weighted by Crippen LogP contribution is 2.38. The minimum atomic E-state index is -0.275. The molecule has 1 atom stereocenters. The van der Waals surface area contributed by atoms with Gasteiger partial charge in [-0.15, -0.1) is 0 Å². The minimum Gasteiger partial charge on any atom is -0.365 e. The van der Waals surface area contributed by atoms with Crippen LogP contribution in [0.4, 0.5) is 15.5 Å². The van der Waals surface area contributed by atoms with Crippen molar-refractivity contribution < 1.29 is 4.39 Å². The molecular formula is C22H20FN5S. The van der Waals surface area contributed by atoms with Gasteiger partial charge in [0.2, 0.25) is 5.95 Å². The average Bonchev–Trinajstić information content (AvgIpc) is 3.20. The zero-order chi connectivity index (χ0) is 20.2. The topological polar surface area (TPSA) is 62.7 Å². The number of hydrogen-bond donors (Lipinski definition) is 2. The highest BCUT2D eigenvalue weighted by molar-refractivity contribution is 7.19. The number of nitrogens with zero attached hydrogens (tertiary/aromatic N) is 3. The van der Waals surface area contributed by atoms with Gasteiger partial charge in [-0.3, -0.25) is 0 Å². The molecule has 0 aliphatic rings. The average molecular weight is 406 g/mol. The molecule has 4 rings (SSSR count). The molecule has 2 heterocycles. The van der Waals surface area contributed by atoms with Crippen LogP contribution in [0.2, 0.25) is 0 Å². The second-order valence-electron chi connectivity index (χ2n) is 6.50. The van der Waals surface area contributed by atoms with E-state index < -0.39 is 0 Å². The number of hydrogen-bond acceptors (Lipinski definition) is 6. The summed E-state index contributed by atoms with van der Waals surface area (Å²) in [5.41, 5.74) is 3.52. The van der Waals surface area contributed by atoms with Crippen molar-refractivity contribution in [3.8, 4) is 21.8 Å². The number of rotatable bonds is 6. The summed E-state index contributed by atoms with van der Waals surface area (Å²) >= 11 is 1.50. The Bertz CT molecular complexity index is 1100. The molecule has 146 valence electrons. The molecule has 0 aliphatic heterocycles. The number of anilines is 2. The molecule has 0 saturated carbocycles. The lowest BCUT2D eigenvalue weighted by atomic mass is 10.1. The standard InChI is InChI=1S/C22H20FN5S/c1-14(15-6-4-3-5-7-15)26-21-25-13-12-18(27-21)20-19(28-22(24-2)29-20)16-8-10-17(23)11-9-16/h3-14H,1-2H3,(H,24,28)(H,25,26,27). The Labute approximate surface area is 172 Å². The Balaban J connectivity index is 1.68. The van der Waals surface area contributed by atoms with Crippen LogP contribution in [0.5, 0.6) is 0 Å². The molecule has 2 N–H and O–H groups in total. The maximum Gasteiger partial charge on any atom is 0.223 e. The number of aromatic nitrogens is 3. The van der Waals surface area contributed by atoms with Gasteiger partial charge in [-0.05, 0) is 42.8 Å². The molecule has 29 heavy (non-hydrogen) atoms. The molecule has 0 aliphatic carbocycles. The van der Waals surface area contributed by atoms with Crippen LogP contribution in [0.25, 0.3) is 21.8 Å². The van der Waals surface area contributed by atoms with Crippen LogP contribution in [0, 0.1) is 5.82 Å². The minimum absolute atomic E-state index is 0.0670. The summed E-state index contributed by atoms with van der Waals surface area (Å²) in [6.45, 7) is 2.07. The molecule has 0 bridgehead atoms. The van der Waals surface area contributed by atoms with Crippen LogP contribution in [0.3, 0.4) is 0 Å². The van der Waals surface area contributed by atoms with E-state index in [-0.39, 0.29) is 11.9 Å². The fourth-order valence-corrected chi connectivity index (χ4v) is 3.89. The van der Waals surface area contributed by atoms with E-state index in [1.807, 2.05) is 31.3 Å². The van der Waals surface area contributed by atoms with Gasteiger partial charge >= 0.3 is 0 Å². The molecule has 0 radical (unpaired) electrons. The van der Waals surface area contributed by atoms with Crippen LogP contribution >= 0.6 is 11.3 Å². The molecule has 2 aromatic carbocycles. The van der Waals surface area contributed by atoms with Crippen molar-refractivity contribution in [2.75, 3.05) is 17.7 Å².